The lowest BCUT2D eigenvalue weighted by Crippen LogP contribution is -2.12. The molecule has 0 aliphatic carbocycles. The SMILES string of the molecule is COc1cccc(-c2cc(-c3ccccc3)nc(SCCC(=O)Nc3nc4ccccc4s3)c2C#N)c1OC. The quantitative estimate of drug-likeness (QED) is 0.196. The number of nitrogens with zero attached hydrogens (tertiary/aromatic N) is 3. The van der Waals surface area contributed by atoms with E-state index in [0.717, 1.165) is 27.0 Å². The van der Waals surface area contributed by atoms with E-state index in [1.807, 2.05) is 78.9 Å². The predicted octanol–water partition coefficient (Wildman–Crippen LogP) is 7.04. The second kappa shape index (κ2) is 12.0. The number of thiazole rings is 1. The Kier molecular flexibility index (Phi) is 8.06. The van der Waals surface area contributed by atoms with Crippen molar-refractivity contribution < 1.29 is 14.3 Å². The van der Waals surface area contributed by atoms with Gasteiger partial charge in [0.15, 0.2) is 16.6 Å². The van der Waals surface area contributed by atoms with Gasteiger partial charge in [0.05, 0.1) is 35.7 Å². The summed E-state index contributed by atoms with van der Waals surface area (Å²) in [5, 5.41) is 14.2. The van der Waals surface area contributed by atoms with Gasteiger partial charge in [0, 0.05) is 28.9 Å². The minimum atomic E-state index is -0.144. The third-order valence-electron chi connectivity index (χ3n) is 5.97. The van der Waals surface area contributed by atoms with Crippen LogP contribution in [0.5, 0.6) is 11.5 Å². The third kappa shape index (κ3) is 5.72. The van der Waals surface area contributed by atoms with Gasteiger partial charge in [0.2, 0.25) is 5.91 Å². The lowest BCUT2D eigenvalue weighted by molar-refractivity contribution is -0.115. The summed E-state index contributed by atoms with van der Waals surface area (Å²) in [6, 6.07) is 27.3. The van der Waals surface area contributed by atoms with Gasteiger partial charge in [0.25, 0.3) is 0 Å². The molecule has 0 fully saturated rings. The molecule has 0 aliphatic heterocycles. The number of carbonyl (C=O) groups excluding carboxylic acids is 1. The van der Waals surface area contributed by atoms with Crippen LogP contribution in [0.4, 0.5) is 5.13 Å². The first kappa shape index (κ1) is 26.2. The van der Waals surface area contributed by atoms with Crippen LogP contribution in [0.2, 0.25) is 0 Å². The first-order chi connectivity index (χ1) is 19.1. The zero-order valence-corrected chi connectivity index (χ0v) is 22.9. The molecule has 0 aliphatic rings. The van der Waals surface area contributed by atoms with Gasteiger partial charge in [-0.1, -0.05) is 65.9 Å². The van der Waals surface area contributed by atoms with Crippen LogP contribution in [-0.4, -0.2) is 35.8 Å². The van der Waals surface area contributed by atoms with E-state index < -0.39 is 0 Å². The molecule has 2 heterocycles. The summed E-state index contributed by atoms with van der Waals surface area (Å²) < 4.78 is 12.2. The van der Waals surface area contributed by atoms with Gasteiger partial charge < -0.3 is 14.8 Å². The van der Waals surface area contributed by atoms with Crippen molar-refractivity contribution in [1.29, 1.82) is 5.26 Å². The van der Waals surface area contributed by atoms with Crippen molar-refractivity contribution in [1.82, 2.24) is 9.97 Å². The van der Waals surface area contributed by atoms with E-state index in [1.165, 1.54) is 23.1 Å². The summed E-state index contributed by atoms with van der Waals surface area (Å²) in [4.78, 5) is 22.0. The highest BCUT2D eigenvalue weighted by Gasteiger charge is 2.20. The molecule has 2 aromatic heterocycles. The minimum Gasteiger partial charge on any atom is -0.493 e. The summed E-state index contributed by atoms with van der Waals surface area (Å²) in [5.74, 6) is 1.39. The number of ether oxygens (including phenoxy) is 2. The lowest BCUT2D eigenvalue weighted by Gasteiger charge is -2.16. The smallest absolute Gasteiger partial charge is 0.226 e. The number of methoxy groups -OCH3 is 2. The second-order valence-corrected chi connectivity index (χ2v) is 10.5. The molecule has 194 valence electrons. The number of anilines is 1. The molecule has 39 heavy (non-hydrogen) atoms. The highest BCUT2D eigenvalue weighted by Crippen LogP contribution is 2.42. The van der Waals surface area contributed by atoms with E-state index in [9.17, 15) is 10.1 Å². The number of thioether (sulfide) groups is 1. The average molecular weight is 553 g/mol. The number of carbonyl (C=O) groups is 1. The van der Waals surface area contributed by atoms with Gasteiger partial charge in [-0.05, 0) is 24.3 Å². The maximum atomic E-state index is 12.7. The largest absolute Gasteiger partial charge is 0.493 e. The van der Waals surface area contributed by atoms with Crippen LogP contribution < -0.4 is 14.8 Å². The molecule has 9 heteroatoms. The molecule has 1 N–H and O–H groups in total. The Bertz CT molecular complexity index is 1650. The molecule has 0 unspecified atom stereocenters. The maximum Gasteiger partial charge on any atom is 0.226 e. The van der Waals surface area contributed by atoms with Crippen LogP contribution in [-0.2, 0) is 4.79 Å². The fourth-order valence-electron chi connectivity index (χ4n) is 4.15. The van der Waals surface area contributed by atoms with Gasteiger partial charge >= 0.3 is 0 Å². The Balaban J connectivity index is 1.44. The fraction of sp³-hybridized carbons (Fsp3) is 0.133. The highest BCUT2D eigenvalue weighted by molar-refractivity contribution is 7.99. The van der Waals surface area contributed by atoms with Gasteiger partial charge in [-0.3, -0.25) is 4.79 Å². The van der Waals surface area contributed by atoms with Crippen molar-refractivity contribution in [3.05, 3.63) is 84.4 Å². The first-order valence-electron chi connectivity index (χ1n) is 12.1. The Morgan fingerprint density at radius 2 is 1.77 bits per heavy atom. The van der Waals surface area contributed by atoms with Gasteiger partial charge in [-0.2, -0.15) is 5.26 Å². The molecule has 0 saturated carbocycles. The van der Waals surface area contributed by atoms with Crippen LogP contribution in [0.15, 0.2) is 83.9 Å². The van der Waals surface area contributed by atoms with E-state index in [2.05, 4.69) is 16.4 Å². The lowest BCUT2D eigenvalue weighted by atomic mass is 9.98. The predicted molar refractivity (Wildman–Crippen MR) is 157 cm³/mol. The topological polar surface area (TPSA) is 97.1 Å². The zero-order chi connectivity index (χ0) is 27.2. The zero-order valence-electron chi connectivity index (χ0n) is 21.3. The average Bonchev–Trinajstić information content (AvgIpc) is 3.38. The summed E-state index contributed by atoms with van der Waals surface area (Å²) in [5.41, 5.74) is 4.31. The van der Waals surface area contributed by atoms with Crippen molar-refractivity contribution in [2.45, 2.75) is 11.4 Å². The summed E-state index contributed by atoms with van der Waals surface area (Å²) in [6.07, 6.45) is 0.237. The van der Waals surface area contributed by atoms with Crippen LogP contribution in [0.25, 0.3) is 32.6 Å². The monoisotopic (exact) mass is 552 g/mol. The number of hydrogen-bond donors (Lipinski definition) is 1. The van der Waals surface area contributed by atoms with E-state index >= 15 is 0 Å². The van der Waals surface area contributed by atoms with Crippen LogP contribution in [0.1, 0.15) is 12.0 Å². The number of nitriles is 1. The molecule has 0 spiro atoms. The number of fused-ring (bicyclic) bond motifs is 1. The van der Waals surface area contributed by atoms with Crippen molar-refractivity contribution in [2.24, 2.45) is 0 Å². The fourth-order valence-corrected chi connectivity index (χ4v) is 5.98. The van der Waals surface area contributed by atoms with Gasteiger partial charge in [-0.25, -0.2) is 9.97 Å². The summed E-state index contributed by atoms with van der Waals surface area (Å²) in [7, 11) is 3.15. The Morgan fingerprint density at radius 1 is 0.974 bits per heavy atom. The number of pyridine rings is 1. The second-order valence-electron chi connectivity index (χ2n) is 8.39. The van der Waals surface area contributed by atoms with Crippen molar-refractivity contribution in [3.63, 3.8) is 0 Å². The van der Waals surface area contributed by atoms with E-state index in [1.54, 1.807) is 14.2 Å². The van der Waals surface area contributed by atoms with Crippen LogP contribution >= 0.6 is 23.1 Å². The first-order valence-corrected chi connectivity index (χ1v) is 13.9. The van der Waals surface area contributed by atoms with Crippen LogP contribution in [0, 0.1) is 11.3 Å². The number of nitrogens with one attached hydrogen (secondary N) is 1. The molecule has 0 saturated heterocycles. The minimum absolute atomic E-state index is 0.144. The highest BCUT2D eigenvalue weighted by atomic mass is 32.2. The molecule has 1 amide bonds. The molecular weight excluding hydrogens is 528 g/mol. The third-order valence-corrected chi connectivity index (χ3v) is 7.90. The van der Waals surface area contributed by atoms with Crippen molar-refractivity contribution >= 4 is 44.4 Å². The van der Waals surface area contributed by atoms with Gasteiger partial charge in [-0.15, -0.1) is 11.8 Å². The van der Waals surface area contributed by atoms with E-state index in [4.69, 9.17) is 14.5 Å². The molecule has 0 bridgehead atoms. The maximum absolute atomic E-state index is 12.7. The molecule has 5 rings (SSSR count). The normalized spacial score (nSPS) is 10.7. The van der Waals surface area contributed by atoms with E-state index in [0.29, 0.717) is 38.5 Å². The van der Waals surface area contributed by atoms with Gasteiger partial charge in [0.1, 0.15) is 11.1 Å². The number of rotatable bonds is 9. The molecule has 0 radical (unpaired) electrons. The number of benzene rings is 3. The number of aromatic nitrogens is 2. The standard InChI is InChI=1S/C30H24N4O3S2/c1-36-25-13-8-11-20(28(25)37-2)21-17-24(19-9-4-3-5-10-19)32-29(22(21)18-31)38-16-15-27(35)34-30-33-23-12-6-7-14-26(23)39-30/h3-14,17H,15-16H2,1-2H3,(H,33,34,35). The number of amides is 1. The number of para-hydroxylation sites is 2. The summed E-state index contributed by atoms with van der Waals surface area (Å²) >= 11 is 2.81. The molecule has 5 aromatic rings. The molecule has 0 atom stereocenters. The molecule has 3 aromatic carbocycles. The van der Waals surface area contributed by atoms with Crippen molar-refractivity contribution in [3.8, 4) is 40.0 Å². The Morgan fingerprint density at radius 3 is 2.51 bits per heavy atom. The molecular formula is C30H24N4O3S2. The Hall–Kier alpha value is -4.39. The molecule has 7 nitrogen and oxygen atoms in total. The number of hydrogen-bond acceptors (Lipinski definition) is 8. The van der Waals surface area contributed by atoms with E-state index in [-0.39, 0.29) is 12.3 Å². The van der Waals surface area contributed by atoms with Crippen molar-refractivity contribution in [2.75, 3.05) is 25.3 Å². The Labute approximate surface area is 234 Å². The summed E-state index contributed by atoms with van der Waals surface area (Å²) in [6.45, 7) is 0. The van der Waals surface area contributed by atoms with Crippen LogP contribution in [0.3, 0.4) is 0 Å².